The van der Waals surface area contributed by atoms with Gasteiger partial charge in [0.05, 0.1) is 0 Å². The first-order valence-electron chi connectivity index (χ1n) is 17.6. The molecule has 2 N–H and O–H groups in total. The van der Waals surface area contributed by atoms with E-state index in [1.807, 2.05) is 0 Å². The molecule has 0 saturated carbocycles. The summed E-state index contributed by atoms with van der Waals surface area (Å²) in [4.78, 5) is 21.5. The van der Waals surface area contributed by atoms with Gasteiger partial charge in [-0.3, -0.25) is 9.59 Å². The van der Waals surface area contributed by atoms with Gasteiger partial charge in [-0.05, 0) is 50.4 Å². The second-order valence-corrected chi connectivity index (χ2v) is 12.4. The molecule has 0 bridgehead atoms. The fourth-order valence-electron chi connectivity index (χ4n) is 6.08. The Morgan fingerprint density at radius 2 is 0.800 bits per heavy atom. The molecule has 0 aliphatic carbocycles. The lowest BCUT2D eigenvalue weighted by Gasteiger charge is -2.28. The maximum Gasteiger partial charge on any atom is 0.303 e. The number of carboxylic acid groups (broad SMARTS) is 2. The molecule has 0 spiro atoms. The third-order valence-electron chi connectivity index (χ3n) is 8.62. The molecule has 0 rings (SSSR count). The van der Waals surface area contributed by atoms with Gasteiger partial charge in [0.2, 0.25) is 0 Å². The topological polar surface area (TPSA) is 74.6 Å². The van der Waals surface area contributed by atoms with E-state index in [1.54, 1.807) is 0 Å². The Kier molecular flexibility index (Phi) is 29.6. The van der Waals surface area contributed by atoms with E-state index in [0.29, 0.717) is 12.8 Å². The maximum absolute atomic E-state index is 10.8. The number of rotatable bonds is 32. The molecule has 0 unspecified atom stereocenters. The largest absolute Gasteiger partial charge is 0.481 e. The van der Waals surface area contributed by atoms with Crippen LogP contribution >= 0.6 is 0 Å². The smallest absolute Gasteiger partial charge is 0.303 e. The molecule has 0 aliphatic heterocycles. The fraction of sp³-hybridized carbons (Fsp3) is 0.889. The van der Waals surface area contributed by atoms with Gasteiger partial charge in [-0.2, -0.15) is 0 Å². The monoisotopic (exact) mass is 565 g/mol. The Labute approximate surface area is 249 Å². The minimum Gasteiger partial charge on any atom is -0.481 e. The quantitative estimate of drug-likeness (QED) is 0.0629. The molecular formula is C36H68O4. The summed E-state index contributed by atoms with van der Waals surface area (Å²) in [7, 11) is 0. The van der Waals surface area contributed by atoms with Crippen LogP contribution < -0.4 is 0 Å². The van der Waals surface area contributed by atoms with Crippen LogP contribution in [0.25, 0.3) is 0 Å². The van der Waals surface area contributed by atoms with Crippen molar-refractivity contribution in [3.8, 4) is 0 Å². The van der Waals surface area contributed by atoms with Crippen LogP contribution in [0.4, 0.5) is 0 Å². The summed E-state index contributed by atoms with van der Waals surface area (Å²) in [5.41, 5.74) is 0. The van der Waals surface area contributed by atoms with Gasteiger partial charge in [-0.15, -0.1) is 0 Å². The highest BCUT2D eigenvalue weighted by Gasteiger charge is 2.20. The number of carboxylic acids is 2. The van der Waals surface area contributed by atoms with Crippen molar-refractivity contribution in [1.82, 2.24) is 0 Å². The second-order valence-electron chi connectivity index (χ2n) is 12.4. The molecule has 0 aliphatic rings. The zero-order chi connectivity index (χ0) is 29.5. The Morgan fingerprint density at radius 3 is 1.25 bits per heavy atom. The van der Waals surface area contributed by atoms with Crippen molar-refractivity contribution in [3.05, 3.63) is 12.2 Å². The van der Waals surface area contributed by atoms with E-state index in [9.17, 15) is 9.59 Å². The first-order chi connectivity index (χ1) is 19.5. The predicted octanol–water partition coefficient (Wildman–Crippen LogP) is 11.9. The molecule has 0 heterocycles. The molecule has 0 saturated heterocycles. The van der Waals surface area contributed by atoms with Gasteiger partial charge < -0.3 is 10.2 Å². The van der Waals surface area contributed by atoms with E-state index in [-0.39, 0.29) is 0 Å². The number of hydrogen-bond donors (Lipinski definition) is 2. The van der Waals surface area contributed by atoms with E-state index in [0.717, 1.165) is 37.5 Å². The summed E-state index contributed by atoms with van der Waals surface area (Å²) >= 11 is 0. The molecule has 4 nitrogen and oxygen atoms in total. The molecule has 0 aromatic carbocycles. The lowest BCUT2D eigenvalue weighted by Crippen LogP contribution is -2.16. The molecule has 0 amide bonds. The fourth-order valence-corrected chi connectivity index (χ4v) is 6.08. The predicted molar refractivity (Wildman–Crippen MR) is 172 cm³/mol. The lowest BCUT2D eigenvalue weighted by molar-refractivity contribution is -0.138. The van der Waals surface area contributed by atoms with Crippen molar-refractivity contribution in [3.63, 3.8) is 0 Å². The molecule has 4 heteroatoms. The minimum absolute atomic E-state index is 0.313. The maximum atomic E-state index is 10.8. The average molecular weight is 565 g/mol. The van der Waals surface area contributed by atoms with Crippen LogP contribution in [0.2, 0.25) is 0 Å². The Morgan fingerprint density at radius 1 is 0.450 bits per heavy atom. The Hall–Kier alpha value is -1.32. The highest BCUT2D eigenvalue weighted by Crippen LogP contribution is 2.33. The summed E-state index contributed by atoms with van der Waals surface area (Å²) < 4.78 is 0. The molecule has 0 fully saturated rings. The molecule has 236 valence electrons. The van der Waals surface area contributed by atoms with Crippen molar-refractivity contribution in [2.45, 2.75) is 194 Å². The van der Waals surface area contributed by atoms with Crippen LogP contribution in [0.5, 0.6) is 0 Å². The van der Waals surface area contributed by atoms with E-state index >= 15 is 0 Å². The molecule has 40 heavy (non-hydrogen) atoms. The summed E-state index contributed by atoms with van der Waals surface area (Å²) in [6.45, 7) is 4.56. The van der Waals surface area contributed by atoms with E-state index < -0.39 is 11.9 Å². The average Bonchev–Trinajstić information content (AvgIpc) is 2.92. The van der Waals surface area contributed by atoms with Gasteiger partial charge in [0.25, 0.3) is 0 Å². The zero-order valence-corrected chi connectivity index (χ0v) is 26.8. The van der Waals surface area contributed by atoms with Crippen molar-refractivity contribution in [2.75, 3.05) is 0 Å². The summed E-state index contributed by atoms with van der Waals surface area (Å²) in [5.74, 6) is 0.310. The summed E-state index contributed by atoms with van der Waals surface area (Å²) in [6, 6.07) is 0. The number of unbranched alkanes of at least 4 members (excludes halogenated alkanes) is 17. The van der Waals surface area contributed by atoms with Crippen LogP contribution in [-0.4, -0.2) is 22.2 Å². The Bertz CT molecular complexity index is 585. The van der Waals surface area contributed by atoms with Crippen molar-refractivity contribution in [2.24, 2.45) is 11.8 Å². The number of aliphatic carboxylic acids is 2. The van der Waals surface area contributed by atoms with Gasteiger partial charge in [0.15, 0.2) is 0 Å². The van der Waals surface area contributed by atoms with E-state index in [1.165, 1.54) is 141 Å². The van der Waals surface area contributed by atoms with E-state index in [2.05, 4.69) is 26.0 Å². The first-order valence-corrected chi connectivity index (χ1v) is 17.6. The molecular weight excluding hydrogens is 496 g/mol. The van der Waals surface area contributed by atoms with Crippen molar-refractivity contribution >= 4 is 11.9 Å². The SMILES string of the molecule is CCCCC/C=C\CC[C@@H](CCCCCCCC(=O)O)[C@@H](CCCCCCCC)CCCCCCCCC(=O)O. The number of carbonyl (C=O) groups is 2. The highest BCUT2D eigenvalue weighted by molar-refractivity contribution is 5.66. The third-order valence-corrected chi connectivity index (χ3v) is 8.62. The minimum atomic E-state index is -0.667. The van der Waals surface area contributed by atoms with E-state index in [4.69, 9.17) is 10.2 Å². The first kappa shape index (κ1) is 38.7. The second kappa shape index (κ2) is 30.6. The standard InChI is InChI=1S/C36H68O4/c1-3-5-7-9-11-16-22-28-34(30-24-18-14-20-26-32-36(39)40)33(27-21-15-10-8-6-4-2)29-23-17-12-13-19-25-31-35(37)38/h11,16,33-34H,3-10,12-15,17-32H2,1-2H3,(H,37,38)(H,39,40)/b16-11-/t33-,34-/m0/s1. The molecule has 0 aromatic heterocycles. The zero-order valence-electron chi connectivity index (χ0n) is 26.8. The van der Waals surface area contributed by atoms with Crippen molar-refractivity contribution < 1.29 is 19.8 Å². The highest BCUT2D eigenvalue weighted by atomic mass is 16.4. The molecule has 2 atom stereocenters. The lowest BCUT2D eigenvalue weighted by atomic mass is 9.78. The van der Waals surface area contributed by atoms with Crippen molar-refractivity contribution in [1.29, 1.82) is 0 Å². The van der Waals surface area contributed by atoms with Gasteiger partial charge in [-0.25, -0.2) is 0 Å². The molecule has 0 aromatic rings. The van der Waals surface area contributed by atoms with Gasteiger partial charge in [0, 0.05) is 12.8 Å². The van der Waals surface area contributed by atoms with Crippen LogP contribution in [-0.2, 0) is 9.59 Å². The Balaban J connectivity index is 4.82. The molecule has 0 radical (unpaired) electrons. The summed E-state index contributed by atoms with van der Waals surface area (Å²) in [6.07, 6.45) is 37.9. The normalized spacial score (nSPS) is 13.2. The van der Waals surface area contributed by atoms with Crippen LogP contribution in [0, 0.1) is 11.8 Å². The van der Waals surface area contributed by atoms with Crippen LogP contribution in [0.3, 0.4) is 0 Å². The van der Waals surface area contributed by atoms with Gasteiger partial charge >= 0.3 is 11.9 Å². The number of allylic oxidation sites excluding steroid dienone is 2. The summed E-state index contributed by atoms with van der Waals surface area (Å²) in [5, 5.41) is 17.7. The third kappa shape index (κ3) is 28.2. The van der Waals surface area contributed by atoms with Crippen LogP contribution in [0.1, 0.15) is 194 Å². The van der Waals surface area contributed by atoms with Gasteiger partial charge in [-0.1, -0.05) is 154 Å². The number of hydrogen-bond acceptors (Lipinski definition) is 2. The van der Waals surface area contributed by atoms with Crippen LogP contribution in [0.15, 0.2) is 12.2 Å². The van der Waals surface area contributed by atoms with Gasteiger partial charge in [0.1, 0.15) is 0 Å².